The van der Waals surface area contributed by atoms with Crippen LogP contribution in [0.1, 0.15) is 65.2 Å². The third-order valence-electron chi connectivity index (χ3n) is 7.79. The van der Waals surface area contributed by atoms with Crippen molar-refractivity contribution in [1.82, 2.24) is 0 Å². The summed E-state index contributed by atoms with van der Waals surface area (Å²) in [6.07, 6.45) is 10.7. The summed E-state index contributed by atoms with van der Waals surface area (Å²) in [6, 6.07) is 0. The Kier molecular flexibility index (Phi) is 2.96. The minimum absolute atomic E-state index is 0.0168. The molecule has 4 aliphatic carbocycles. The SMILES string of the molecule is C[C@]12CCC(O)CC1=CC[C@@H]1[C@@H]2CC[C@]2(C)C(=O)CC[C@@H]12. The molecule has 3 saturated carbocycles. The molecule has 0 heterocycles. The van der Waals surface area contributed by atoms with Gasteiger partial charge in [0.2, 0.25) is 0 Å². The lowest BCUT2D eigenvalue weighted by Gasteiger charge is -2.56. The molecule has 0 aromatic carbocycles. The molecule has 0 spiro atoms. The molecular weight excluding hydrogens is 260 g/mol. The van der Waals surface area contributed by atoms with Gasteiger partial charge in [0.05, 0.1) is 6.10 Å². The summed E-state index contributed by atoms with van der Waals surface area (Å²) in [5.41, 5.74) is 1.81. The topological polar surface area (TPSA) is 37.3 Å². The summed E-state index contributed by atoms with van der Waals surface area (Å²) in [4.78, 5) is 12.4. The van der Waals surface area contributed by atoms with E-state index in [0.717, 1.165) is 50.9 Å². The van der Waals surface area contributed by atoms with Crippen LogP contribution in [0.15, 0.2) is 11.6 Å². The van der Waals surface area contributed by atoms with Gasteiger partial charge in [-0.15, -0.1) is 0 Å². The Hall–Kier alpha value is -0.630. The number of carbonyl (C=O) groups excluding carboxylic acids is 1. The van der Waals surface area contributed by atoms with Gasteiger partial charge in [-0.2, -0.15) is 0 Å². The molecule has 21 heavy (non-hydrogen) atoms. The van der Waals surface area contributed by atoms with Crippen molar-refractivity contribution in [1.29, 1.82) is 0 Å². The Labute approximate surface area is 128 Å². The standard InChI is InChI=1S/C19H28O2/c1-18-9-7-13(20)11-12(18)3-4-14-15-5-6-17(21)19(15,2)10-8-16(14)18/h3,13-16,20H,4-11H2,1-2H3/t13?,14-,15-,16-,18-,19-/m0/s1. The van der Waals surface area contributed by atoms with E-state index in [9.17, 15) is 9.90 Å². The van der Waals surface area contributed by atoms with E-state index in [4.69, 9.17) is 0 Å². The number of hydrogen-bond acceptors (Lipinski definition) is 2. The van der Waals surface area contributed by atoms with Crippen LogP contribution in [-0.4, -0.2) is 17.0 Å². The van der Waals surface area contributed by atoms with Crippen molar-refractivity contribution in [3.63, 3.8) is 0 Å². The molecule has 1 N–H and O–H groups in total. The molecule has 0 amide bonds. The van der Waals surface area contributed by atoms with Gasteiger partial charge < -0.3 is 5.11 Å². The molecule has 116 valence electrons. The average Bonchev–Trinajstić information content (AvgIpc) is 2.76. The quantitative estimate of drug-likeness (QED) is 0.687. The Balaban J connectivity index is 1.69. The van der Waals surface area contributed by atoms with E-state index in [1.54, 1.807) is 0 Å². The fourth-order valence-electron chi connectivity index (χ4n) is 6.41. The van der Waals surface area contributed by atoms with Gasteiger partial charge in [0.15, 0.2) is 0 Å². The molecule has 0 aromatic heterocycles. The zero-order valence-electron chi connectivity index (χ0n) is 13.4. The van der Waals surface area contributed by atoms with Crippen molar-refractivity contribution in [2.45, 2.75) is 71.3 Å². The van der Waals surface area contributed by atoms with Crippen LogP contribution in [0, 0.1) is 28.6 Å². The maximum absolute atomic E-state index is 12.4. The van der Waals surface area contributed by atoms with Crippen molar-refractivity contribution in [3.8, 4) is 0 Å². The molecule has 6 atom stereocenters. The summed E-state index contributed by atoms with van der Waals surface area (Å²) in [7, 11) is 0. The molecule has 0 bridgehead atoms. The number of aliphatic hydroxyl groups is 1. The molecule has 2 nitrogen and oxygen atoms in total. The Bertz CT molecular complexity index is 508. The number of fused-ring (bicyclic) bond motifs is 5. The third-order valence-corrected chi connectivity index (χ3v) is 7.79. The van der Waals surface area contributed by atoms with Gasteiger partial charge in [-0.25, -0.2) is 0 Å². The van der Waals surface area contributed by atoms with Crippen LogP contribution >= 0.6 is 0 Å². The number of hydrogen-bond donors (Lipinski definition) is 1. The lowest BCUT2D eigenvalue weighted by atomic mass is 9.48. The number of allylic oxidation sites excluding steroid dienone is 1. The van der Waals surface area contributed by atoms with Gasteiger partial charge >= 0.3 is 0 Å². The van der Waals surface area contributed by atoms with Crippen molar-refractivity contribution >= 4 is 5.78 Å². The number of carbonyl (C=O) groups is 1. The minimum atomic E-state index is -0.122. The zero-order valence-corrected chi connectivity index (χ0v) is 13.4. The zero-order chi connectivity index (χ0) is 14.8. The van der Waals surface area contributed by atoms with Crippen LogP contribution < -0.4 is 0 Å². The van der Waals surface area contributed by atoms with Crippen molar-refractivity contribution in [2.24, 2.45) is 28.6 Å². The predicted octanol–water partition coefficient (Wildman–Crippen LogP) is 3.88. The molecule has 0 saturated heterocycles. The first-order valence-corrected chi connectivity index (χ1v) is 8.86. The summed E-state index contributed by atoms with van der Waals surface area (Å²) >= 11 is 0. The smallest absolute Gasteiger partial charge is 0.139 e. The summed E-state index contributed by atoms with van der Waals surface area (Å²) in [5.74, 6) is 2.60. The third kappa shape index (κ3) is 1.78. The van der Waals surface area contributed by atoms with Crippen LogP contribution in [0.25, 0.3) is 0 Å². The first-order chi connectivity index (χ1) is 9.95. The van der Waals surface area contributed by atoms with E-state index in [-0.39, 0.29) is 11.5 Å². The summed E-state index contributed by atoms with van der Waals surface area (Å²) < 4.78 is 0. The van der Waals surface area contributed by atoms with Crippen molar-refractivity contribution in [2.75, 3.05) is 0 Å². The Morgan fingerprint density at radius 1 is 1.10 bits per heavy atom. The van der Waals surface area contributed by atoms with E-state index < -0.39 is 0 Å². The number of aliphatic hydroxyl groups excluding tert-OH is 1. The van der Waals surface area contributed by atoms with E-state index in [1.807, 2.05) is 0 Å². The van der Waals surface area contributed by atoms with E-state index in [0.29, 0.717) is 23.0 Å². The normalized spacial score (nSPS) is 52.7. The molecule has 0 radical (unpaired) electrons. The van der Waals surface area contributed by atoms with Gasteiger partial charge in [-0.3, -0.25) is 4.79 Å². The molecule has 1 unspecified atom stereocenters. The second kappa shape index (κ2) is 4.44. The van der Waals surface area contributed by atoms with Crippen LogP contribution in [0.5, 0.6) is 0 Å². The van der Waals surface area contributed by atoms with Gasteiger partial charge in [0.1, 0.15) is 5.78 Å². The highest BCUT2D eigenvalue weighted by molar-refractivity contribution is 5.87. The largest absolute Gasteiger partial charge is 0.393 e. The lowest BCUT2D eigenvalue weighted by molar-refractivity contribution is -0.132. The van der Waals surface area contributed by atoms with Crippen LogP contribution in [0.3, 0.4) is 0 Å². The number of ketones is 1. The highest BCUT2D eigenvalue weighted by Gasteiger charge is 2.58. The fraction of sp³-hybridized carbons (Fsp3) is 0.842. The van der Waals surface area contributed by atoms with E-state index >= 15 is 0 Å². The second-order valence-corrected chi connectivity index (χ2v) is 8.57. The Morgan fingerprint density at radius 3 is 2.62 bits per heavy atom. The molecule has 3 fully saturated rings. The van der Waals surface area contributed by atoms with Gasteiger partial charge in [0, 0.05) is 11.8 Å². The Morgan fingerprint density at radius 2 is 1.81 bits per heavy atom. The van der Waals surface area contributed by atoms with E-state index in [2.05, 4.69) is 19.9 Å². The maximum Gasteiger partial charge on any atom is 0.139 e. The highest BCUT2D eigenvalue weighted by atomic mass is 16.3. The molecule has 4 rings (SSSR count). The first kappa shape index (κ1) is 14.0. The molecule has 4 aliphatic rings. The van der Waals surface area contributed by atoms with Crippen LogP contribution in [-0.2, 0) is 4.79 Å². The van der Waals surface area contributed by atoms with E-state index in [1.165, 1.54) is 12.0 Å². The maximum atomic E-state index is 12.4. The molecular formula is C19H28O2. The van der Waals surface area contributed by atoms with Crippen molar-refractivity contribution < 1.29 is 9.90 Å². The molecule has 0 aromatic rings. The summed E-state index contributed by atoms with van der Waals surface area (Å²) in [6.45, 7) is 4.69. The van der Waals surface area contributed by atoms with Gasteiger partial charge in [-0.1, -0.05) is 25.5 Å². The highest BCUT2D eigenvalue weighted by Crippen LogP contribution is 2.63. The molecule has 2 heteroatoms. The van der Waals surface area contributed by atoms with Gasteiger partial charge in [0.25, 0.3) is 0 Å². The molecule has 0 aliphatic heterocycles. The summed E-state index contributed by atoms with van der Waals surface area (Å²) in [5, 5.41) is 10.00. The number of rotatable bonds is 0. The second-order valence-electron chi connectivity index (χ2n) is 8.57. The first-order valence-electron chi connectivity index (χ1n) is 8.86. The predicted molar refractivity (Wildman–Crippen MR) is 82.7 cm³/mol. The van der Waals surface area contributed by atoms with Gasteiger partial charge in [-0.05, 0) is 68.1 Å². The number of Topliss-reactive ketones (excluding diaryl/α,β-unsaturated/α-hetero) is 1. The van der Waals surface area contributed by atoms with Crippen LogP contribution in [0.2, 0.25) is 0 Å². The lowest BCUT2D eigenvalue weighted by Crippen LogP contribution is -2.50. The average molecular weight is 288 g/mol. The fourth-order valence-corrected chi connectivity index (χ4v) is 6.41. The monoisotopic (exact) mass is 288 g/mol. The van der Waals surface area contributed by atoms with Crippen LogP contribution in [0.4, 0.5) is 0 Å². The minimum Gasteiger partial charge on any atom is -0.393 e. The van der Waals surface area contributed by atoms with Crippen molar-refractivity contribution in [3.05, 3.63) is 11.6 Å².